The third-order valence-electron chi connectivity index (χ3n) is 2.75. The molecule has 16 heavy (non-hydrogen) atoms. The first kappa shape index (κ1) is 11.7. The van der Waals surface area contributed by atoms with Crippen molar-refractivity contribution < 1.29 is 4.74 Å². The van der Waals surface area contributed by atoms with Gasteiger partial charge in [0.25, 0.3) is 0 Å². The topological polar surface area (TPSA) is 21.3 Å². The van der Waals surface area contributed by atoms with E-state index in [9.17, 15) is 0 Å². The zero-order valence-corrected chi connectivity index (χ0v) is 11.0. The zero-order valence-electron chi connectivity index (χ0n) is 9.42. The van der Waals surface area contributed by atoms with E-state index in [1.165, 1.54) is 18.4 Å². The third kappa shape index (κ3) is 2.86. The second-order valence-electron chi connectivity index (χ2n) is 3.97. The standard InChI is InChI=1S/C13H16BrNO/c1-16-13-5-4-12(14)8-11(13)7-10-3-2-6-15-9-10/h4-5,7-8,15H,2-3,6,9H2,1H3. The summed E-state index contributed by atoms with van der Waals surface area (Å²) in [6, 6.07) is 6.09. The molecule has 2 rings (SSSR count). The number of halogens is 1. The molecular formula is C13H16BrNO. The van der Waals surface area contributed by atoms with Crippen molar-refractivity contribution in [1.82, 2.24) is 5.32 Å². The number of hydrogen-bond donors (Lipinski definition) is 1. The van der Waals surface area contributed by atoms with Crippen molar-refractivity contribution in [3.8, 4) is 5.75 Å². The van der Waals surface area contributed by atoms with Gasteiger partial charge >= 0.3 is 0 Å². The Morgan fingerprint density at radius 2 is 2.31 bits per heavy atom. The molecule has 1 aromatic rings. The van der Waals surface area contributed by atoms with Crippen LogP contribution in [0.1, 0.15) is 18.4 Å². The summed E-state index contributed by atoms with van der Waals surface area (Å²) in [4.78, 5) is 0. The molecule has 1 heterocycles. The Bertz CT molecular complexity index is 393. The first-order chi connectivity index (χ1) is 7.79. The van der Waals surface area contributed by atoms with Gasteiger partial charge in [0.2, 0.25) is 0 Å². The van der Waals surface area contributed by atoms with E-state index >= 15 is 0 Å². The Hall–Kier alpha value is -0.800. The minimum absolute atomic E-state index is 0.932. The molecule has 3 heteroatoms. The molecule has 1 aliphatic heterocycles. The van der Waals surface area contributed by atoms with Crippen LogP contribution in [0.15, 0.2) is 28.2 Å². The highest BCUT2D eigenvalue weighted by atomic mass is 79.9. The average Bonchev–Trinajstić information content (AvgIpc) is 2.31. The normalized spacial score (nSPS) is 18.8. The molecule has 0 atom stereocenters. The van der Waals surface area contributed by atoms with E-state index < -0.39 is 0 Å². The lowest BCUT2D eigenvalue weighted by molar-refractivity contribution is 0.413. The maximum Gasteiger partial charge on any atom is 0.126 e. The molecule has 86 valence electrons. The van der Waals surface area contributed by atoms with Gasteiger partial charge in [0.15, 0.2) is 0 Å². The van der Waals surface area contributed by atoms with Gasteiger partial charge in [-0.05, 0) is 37.6 Å². The van der Waals surface area contributed by atoms with Gasteiger partial charge in [-0.25, -0.2) is 0 Å². The summed E-state index contributed by atoms with van der Waals surface area (Å²) in [6.07, 6.45) is 4.64. The maximum absolute atomic E-state index is 5.36. The largest absolute Gasteiger partial charge is 0.496 e. The molecule has 1 saturated heterocycles. The van der Waals surface area contributed by atoms with E-state index in [0.29, 0.717) is 0 Å². The number of methoxy groups -OCH3 is 1. The average molecular weight is 282 g/mol. The third-order valence-corrected chi connectivity index (χ3v) is 3.25. The van der Waals surface area contributed by atoms with Crippen LogP contribution in [0.5, 0.6) is 5.75 Å². The summed E-state index contributed by atoms with van der Waals surface area (Å²) in [7, 11) is 1.71. The molecule has 1 aliphatic rings. The van der Waals surface area contributed by atoms with E-state index in [2.05, 4.69) is 33.4 Å². The number of nitrogens with one attached hydrogen (secondary N) is 1. The van der Waals surface area contributed by atoms with Crippen molar-refractivity contribution in [2.24, 2.45) is 0 Å². The smallest absolute Gasteiger partial charge is 0.126 e. The Morgan fingerprint density at radius 3 is 3.00 bits per heavy atom. The van der Waals surface area contributed by atoms with Gasteiger partial charge in [-0.2, -0.15) is 0 Å². The van der Waals surface area contributed by atoms with Crippen LogP contribution in [0.25, 0.3) is 6.08 Å². The van der Waals surface area contributed by atoms with Crippen molar-refractivity contribution in [3.63, 3.8) is 0 Å². The van der Waals surface area contributed by atoms with E-state index in [1.54, 1.807) is 7.11 Å². The van der Waals surface area contributed by atoms with Crippen LogP contribution in [0.3, 0.4) is 0 Å². The van der Waals surface area contributed by atoms with Crippen LogP contribution in [-0.4, -0.2) is 20.2 Å². The van der Waals surface area contributed by atoms with Gasteiger partial charge in [0.05, 0.1) is 7.11 Å². The van der Waals surface area contributed by atoms with Gasteiger partial charge in [-0.3, -0.25) is 0 Å². The van der Waals surface area contributed by atoms with Gasteiger partial charge in [-0.1, -0.05) is 27.6 Å². The predicted molar refractivity (Wildman–Crippen MR) is 70.8 cm³/mol. The monoisotopic (exact) mass is 281 g/mol. The van der Waals surface area contributed by atoms with Gasteiger partial charge < -0.3 is 10.1 Å². The highest BCUT2D eigenvalue weighted by Crippen LogP contribution is 2.26. The Labute approximate surface area is 105 Å². The number of rotatable bonds is 2. The quantitative estimate of drug-likeness (QED) is 0.899. The lowest BCUT2D eigenvalue weighted by atomic mass is 10.0. The fourth-order valence-corrected chi connectivity index (χ4v) is 2.32. The minimum atomic E-state index is 0.932. The second-order valence-corrected chi connectivity index (χ2v) is 4.88. The zero-order chi connectivity index (χ0) is 11.4. The highest BCUT2D eigenvalue weighted by Gasteiger charge is 2.07. The van der Waals surface area contributed by atoms with E-state index in [-0.39, 0.29) is 0 Å². The Morgan fingerprint density at radius 1 is 1.44 bits per heavy atom. The van der Waals surface area contributed by atoms with Crippen LogP contribution in [0, 0.1) is 0 Å². The lowest BCUT2D eigenvalue weighted by Gasteiger charge is -2.16. The first-order valence-corrected chi connectivity index (χ1v) is 6.32. The fraction of sp³-hybridized carbons (Fsp3) is 0.385. The first-order valence-electron chi connectivity index (χ1n) is 5.53. The highest BCUT2D eigenvalue weighted by molar-refractivity contribution is 9.10. The number of ether oxygens (including phenoxy) is 1. The van der Waals surface area contributed by atoms with Crippen molar-refractivity contribution in [1.29, 1.82) is 0 Å². The van der Waals surface area contributed by atoms with Crippen molar-refractivity contribution >= 4 is 22.0 Å². The van der Waals surface area contributed by atoms with Gasteiger partial charge in [0, 0.05) is 16.6 Å². The molecule has 0 aliphatic carbocycles. The minimum Gasteiger partial charge on any atom is -0.496 e. The molecule has 1 fully saturated rings. The number of benzene rings is 1. The molecule has 1 aromatic carbocycles. The maximum atomic E-state index is 5.36. The van der Waals surface area contributed by atoms with Crippen molar-refractivity contribution in [3.05, 3.63) is 33.8 Å². The Balaban J connectivity index is 2.27. The van der Waals surface area contributed by atoms with E-state index in [4.69, 9.17) is 4.74 Å². The van der Waals surface area contributed by atoms with Crippen molar-refractivity contribution in [2.75, 3.05) is 20.2 Å². The van der Waals surface area contributed by atoms with E-state index in [0.717, 1.165) is 28.9 Å². The summed E-state index contributed by atoms with van der Waals surface area (Å²) in [5, 5.41) is 3.39. The van der Waals surface area contributed by atoms with E-state index in [1.807, 2.05) is 12.1 Å². The fourth-order valence-electron chi connectivity index (χ4n) is 1.94. The molecule has 0 aromatic heterocycles. The molecule has 1 N–H and O–H groups in total. The van der Waals surface area contributed by atoms with Crippen LogP contribution in [0.4, 0.5) is 0 Å². The summed E-state index contributed by atoms with van der Waals surface area (Å²) in [5.74, 6) is 0.932. The second kappa shape index (κ2) is 5.51. The van der Waals surface area contributed by atoms with Crippen LogP contribution < -0.4 is 10.1 Å². The summed E-state index contributed by atoms with van der Waals surface area (Å²) < 4.78 is 6.44. The van der Waals surface area contributed by atoms with Crippen LogP contribution >= 0.6 is 15.9 Å². The van der Waals surface area contributed by atoms with Gasteiger partial charge in [0.1, 0.15) is 5.75 Å². The SMILES string of the molecule is COc1ccc(Br)cc1C=C1CCCNC1. The van der Waals surface area contributed by atoms with Crippen molar-refractivity contribution in [2.45, 2.75) is 12.8 Å². The molecule has 0 unspecified atom stereocenters. The summed E-state index contributed by atoms with van der Waals surface area (Å²) >= 11 is 3.49. The van der Waals surface area contributed by atoms with Crippen LogP contribution in [0.2, 0.25) is 0 Å². The molecule has 2 nitrogen and oxygen atoms in total. The predicted octanol–water partition coefficient (Wildman–Crippen LogP) is 3.22. The van der Waals surface area contributed by atoms with Gasteiger partial charge in [-0.15, -0.1) is 0 Å². The Kier molecular flexibility index (Phi) is 4.02. The molecule has 0 saturated carbocycles. The lowest BCUT2D eigenvalue weighted by Crippen LogP contribution is -2.23. The molecule has 0 radical (unpaired) electrons. The summed E-state index contributed by atoms with van der Waals surface area (Å²) in [5.41, 5.74) is 2.60. The molecule has 0 amide bonds. The van der Waals surface area contributed by atoms with Crippen LogP contribution in [-0.2, 0) is 0 Å². The summed E-state index contributed by atoms with van der Waals surface area (Å²) in [6.45, 7) is 2.13. The molecule has 0 bridgehead atoms. The molecule has 0 spiro atoms. The number of hydrogen-bond acceptors (Lipinski definition) is 2. The number of piperidine rings is 1. The molecular weight excluding hydrogens is 266 g/mol.